The first kappa shape index (κ1) is 25.5. The highest BCUT2D eigenvalue weighted by molar-refractivity contribution is 7.91. The van der Waals surface area contributed by atoms with Gasteiger partial charge in [0, 0.05) is 25.5 Å². The number of aromatic nitrogens is 2. The minimum Gasteiger partial charge on any atom is -0.382 e. The first-order valence-corrected chi connectivity index (χ1v) is 13.5. The van der Waals surface area contributed by atoms with E-state index in [0.717, 1.165) is 11.1 Å². The first-order chi connectivity index (χ1) is 16.1. The van der Waals surface area contributed by atoms with Crippen LogP contribution in [0.25, 0.3) is 11.3 Å². The molecule has 3 rings (SSSR count). The van der Waals surface area contributed by atoms with Crippen LogP contribution in [-0.2, 0) is 23.4 Å². The van der Waals surface area contributed by atoms with Crippen LogP contribution in [0.2, 0.25) is 0 Å². The van der Waals surface area contributed by atoms with Gasteiger partial charge in [-0.25, -0.2) is 18.4 Å². The standard InChI is InChI=1S/C22H25N4O6PS/c1-15-4-6-16(7-5-15)19-14-24-21(23)20(26-19)22(27)25-17-8-10-18(11-9-17)34(29,30)13-12-33(28,31-2)32-3/h4-11,14H,12-13H2,1-3H3,(H2,23,24)(H,25,27). The third-order valence-electron chi connectivity index (χ3n) is 5.02. The molecule has 0 aliphatic rings. The van der Waals surface area contributed by atoms with Crippen LogP contribution < -0.4 is 11.1 Å². The van der Waals surface area contributed by atoms with Crippen molar-refractivity contribution in [2.24, 2.45) is 0 Å². The lowest BCUT2D eigenvalue weighted by Crippen LogP contribution is -2.17. The highest BCUT2D eigenvalue weighted by Crippen LogP contribution is 2.46. The number of amides is 1. The van der Waals surface area contributed by atoms with Gasteiger partial charge in [0.05, 0.1) is 28.7 Å². The van der Waals surface area contributed by atoms with Gasteiger partial charge in [0.15, 0.2) is 21.3 Å². The van der Waals surface area contributed by atoms with Crippen LogP contribution >= 0.6 is 7.60 Å². The lowest BCUT2D eigenvalue weighted by molar-refractivity contribution is 0.102. The molecule has 3 aromatic rings. The Morgan fingerprint density at radius 1 is 1.06 bits per heavy atom. The molecule has 0 atom stereocenters. The van der Waals surface area contributed by atoms with Gasteiger partial charge in [-0.05, 0) is 31.2 Å². The van der Waals surface area contributed by atoms with Crippen LogP contribution in [0.1, 0.15) is 16.1 Å². The van der Waals surface area contributed by atoms with E-state index in [-0.39, 0.29) is 22.6 Å². The second-order valence-corrected chi connectivity index (χ2v) is 11.9. The Balaban J connectivity index is 1.74. The summed E-state index contributed by atoms with van der Waals surface area (Å²) in [6.45, 7) is 1.96. The molecular weight excluding hydrogens is 479 g/mol. The fourth-order valence-electron chi connectivity index (χ4n) is 2.97. The van der Waals surface area contributed by atoms with Crippen LogP contribution in [0.3, 0.4) is 0 Å². The lowest BCUT2D eigenvalue weighted by Gasteiger charge is -2.13. The highest BCUT2D eigenvalue weighted by Gasteiger charge is 2.26. The average Bonchev–Trinajstić information content (AvgIpc) is 2.84. The van der Waals surface area contributed by atoms with E-state index in [1.165, 1.54) is 44.7 Å². The molecule has 10 nitrogen and oxygen atoms in total. The van der Waals surface area contributed by atoms with Gasteiger partial charge in [-0.3, -0.25) is 9.36 Å². The molecule has 0 saturated heterocycles. The monoisotopic (exact) mass is 504 g/mol. The minimum atomic E-state index is -3.74. The summed E-state index contributed by atoms with van der Waals surface area (Å²) in [5.41, 5.74) is 8.51. The Labute approximate surface area is 198 Å². The number of rotatable bonds is 9. The van der Waals surface area contributed by atoms with Gasteiger partial charge in [0.2, 0.25) is 0 Å². The summed E-state index contributed by atoms with van der Waals surface area (Å²) in [7, 11) is -4.81. The summed E-state index contributed by atoms with van der Waals surface area (Å²) in [6.07, 6.45) is 1.21. The van der Waals surface area contributed by atoms with Crippen LogP contribution in [-0.4, -0.2) is 50.4 Å². The minimum absolute atomic E-state index is 0.00456. The fourth-order valence-corrected chi connectivity index (χ4v) is 6.13. The van der Waals surface area contributed by atoms with E-state index >= 15 is 0 Å². The van der Waals surface area contributed by atoms with Crippen molar-refractivity contribution in [3.8, 4) is 11.3 Å². The third kappa shape index (κ3) is 6.06. The first-order valence-electron chi connectivity index (χ1n) is 10.1. The van der Waals surface area contributed by atoms with E-state index in [1.807, 2.05) is 31.2 Å². The third-order valence-corrected chi connectivity index (χ3v) is 8.94. The Morgan fingerprint density at radius 3 is 2.26 bits per heavy atom. The maximum absolute atomic E-state index is 12.8. The molecule has 12 heteroatoms. The van der Waals surface area contributed by atoms with Crippen molar-refractivity contribution in [3.63, 3.8) is 0 Å². The second kappa shape index (κ2) is 10.4. The predicted molar refractivity (Wildman–Crippen MR) is 130 cm³/mol. The van der Waals surface area contributed by atoms with E-state index in [0.29, 0.717) is 11.4 Å². The maximum atomic E-state index is 12.8. The van der Waals surface area contributed by atoms with E-state index < -0.39 is 29.1 Å². The highest BCUT2D eigenvalue weighted by atomic mass is 32.2. The van der Waals surface area contributed by atoms with Crippen LogP contribution in [0.4, 0.5) is 11.5 Å². The van der Waals surface area contributed by atoms with Crippen molar-refractivity contribution in [2.75, 3.05) is 37.2 Å². The van der Waals surface area contributed by atoms with E-state index in [2.05, 4.69) is 15.3 Å². The number of nitrogen functional groups attached to an aromatic ring is 1. The zero-order valence-corrected chi connectivity index (χ0v) is 20.6. The number of nitrogens with one attached hydrogen (secondary N) is 1. The van der Waals surface area contributed by atoms with Gasteiger partial charge in [0.1, 0.15) is 0 Å². The molecule has 1 heterocycles. The topological polar surface area (TPSA) is 151 Å². The molecule has 2 aromatic carbocycles. The molecule has 0 bridgehead atoms. The Kier molecular flexibility index (Phi) is 7.83. The van der Waals surface area contributed by atoms with Gasteiger partial charge < -0.3 is 20.1 Å². The van der Waals surface area contributed by atoms with Gasteiger partial charge in [-0.1, -0.05) is 29.8 Å². The molecule has 0 aliphatic carbocycles. The van der Waals surface area contributed by atoms with E-state index in [1.54, 1.807) is 0 Å². The summed E-state index contributed by atoms with van der Waals surface area (Å²) >= 11 is 0. The lowest BCUT2D eigenvalue weighted by atomic mass is 10.1. The summed E-state index contributed by atoms with van der Waals surface area (Å²) in [6, 6.07) is 13.1. The maximum Gasteiger partial charge on any atom is 0.331 e. The molecule has 0 unspecified atom stereocenters. The number of nitrogens with zero attached hydrogens (tertiary/aromatic N) is 2. The SMILES string of the molecule is COP(=O)(CCS(=O)(=O)c1ccc(NC(=O)c2nc(-c3ccc(C)cc3)cnc2N)cc1)OC. The number of anilines is 2. The zero-order valence-electron chi connectivity index (χ0n) is 18.9. The smallest absolute Gasteiger partial charge is 0.331 e. The van der Waals surface area contributed by atoms with Crippen molar-refractivity contribution in [3.05, 3.63) is 66.0 Å². The molecule has 0 fully saturated rings. The summed E-state index contributed by atoms with van der Waals surface area (Å²) < 4.78 is 46.8. The molecule has 0 radical (unpaired) electrons. The van der Waals surface area contributed by atoms with Crippen molar-refractivity contribution in [1.82, 2.24) is 9.97 Å². The molecule has 180 valence electrons. The molecule has 3 N–H and O–H groups in total. The van der Waals surface area contributed by atoms with E-state index in [4.69, 9.17) is 14.8 Å². The number of hydrogen-bond donors (Lipinski definition) is 2. The number of nitrogens with two attached hydrogens (primary N) is 1. The quantitative estimate of drug-likeness (QED) is 0.417. The average molecular weight is 505 g/mol. The molecule has 34 heavy (non-hydrogen) atoms. The van der Waals surface area contributed by atoms with Crippen LogP contribution in [0.15, 0.2) is 59.6 Å². The summed E-state index contributed by atoms with van der Waals surface area (Å²) in [5, 5.41) is 2.64. The molecular formula is C22H25N4O6PS. The van der Waals surface area contributed by atoms with E-state index in [9.17, 15) is 17.8 Å². The normalized spacial score (nSPS) is 11.9. The Hall–Kier alpha value is -3.11. The molecule has 1 amide bonds. The molecule has 1 aromatic heterocycles. The van der Waals surface area contributed by atoms with Crippen LogP contribution in [0, 0.1) is 6.92 Å². The van der Waals surface area contributed by atoms with Crippen molar-refractivity contribution >= 4 is 34.8 Å². The van der Waals surface area contributed by atoms with Crippen molar-refractivity contribution in [2.45, 2.75) is 11.8 Å². The second-order valence-electron chi connectivity index (χ2n) is 7.35. The van der Waals surface area contributed by atoms with Gasteiger partial charge in [-0.15, -0.1) is 0 Å². The zero-order chi connectivity index (χ0) is 24.9. The van der Waals surface area contributed by atoms with Gasteiger partial charge in [0.25, 0.3) is 5.91 Å². The number of sulfone groups is 1. The summed E-state index contributed by atoms with van der Waals surface area (Å²) in [5.74, 6) is -1.04. The van der Waals surface area contributed by atoms with Gasteiger partial charge >= 0.3 is 7.60 Å². The Bertz CT molecular complexity index is 1320. The molecule has 0 spiro atoms. The fraction of sp³-hybridized carbons (Fsp3) is 0.227. The molecule has 0 aliphatic heterocycles. The number of carbonyl (C=O) groups is 1. The number of hydrogen-bond acceptors (Lipinski definition) is 9. The van der Waals surface area contributed by atoms with Crippen molar-refractivity contribution < 1.29 is 26.8 Å². The Morgan fingerprint density at radius 2 is 1.68 bits per heavy atom. The summed E-state index contributed by atoms with van der Waals surface area (Å²) in [4.78, 5) is 21.2. The molecule has 0 saturated carbocycles. The van der Waals surface area contributed by atoms with Crippen LogP contribution in [0.5, 0.6) is 0 Å². The predicted octanol–water partition coefficient (Wildman–Crippen LogP) is 3.55. The van der Waals surface area contributed by atoms with Crippen molar-refractivity contribution in [1.29, 1.82) is 0 Å². The number of benzene rings is 2. The number of aryl methyl sites for hydroxylation is 1. The largest absolute Gasteiger partial charge is 0.382 e. The number of carbonyl (C=O) groups excluding carboxylic acids is 1. The van der Waals surface area contributed by atoms with Gasteiger partial charge in [-0.2, -0.15) is 0 Å².